The lowest BCUT2D eigenvalue weighted by molar-refractivity contribution is -0.124. The lowest BCUT2D eigenvalue weighted by Gasteiger charge is -2.07. The van der Waals surface area contributed by atoms with Crippen LogP contribution < -0.4 is 5.32 Å². The number of aromatic nitrogens is 1. The molecule has 0 radical (unpaired) electrons. The molecule has 1 aromatic heterocycles. The van der Waals surface area contributed by atoms with Crippen molar-refractivity contribution >= 4 is 23.5 Å². The van der Waals surface area contributed by atoms with E-state index < -0.39 is 24.3 Å². The zero-order chi connectivity index (χ0) is 17.7. The highest BCUT2D eigenvalue weighted by molar-refractivity contribution is 6.33. The normalized spacial score (nSPS) is 10.5. The monoisotopic (exact) mass is 354 g/mol. The fraction of sp³-hybridized carbons (Fsp3) is 0.312. The van der Waals surface area contributed by atoms with Gasteiger partial charge in [0.2, 0.25) is 0 Å². The molecule has 0 aliphatic rings. The maximum atomic E-state index is 14.1. The molecule has 0 atom stereocenters. The summed E-state index contributed by atoms with van der Waals surface area (Å²) in [6.45, 7) is 3.42. The number of carbonyl (C=O) groups excluding carboxylic acids is 2. The van der Waals surface area contributed by atoms with Gasteiger partial charge < -0.3 is 14.6 Å². The van der Waals surface area contributed by atoms with Crippen molar-refractivity contribution < 1.29 is 23.2 Å². The van der Waals surface area contributed by atoms with Crippen LogP contribution in [0.2, 0.25) is 5.02 Å². The maximum Gasteiger partial charge on any atom is 0.344 e. The third kappa shape index (κ3) is 3.91. The van der Waals surface area contributed by atoms with Gasteiger partial charge >= 0.3 is 5.97 Å². The van der Waals surface area contributed by atoms with Crippen LogP contribution in [-0.4, -0.2) is 30.2 Å². The molecule has 0 saturated carbocycles. The van der Waals surface area contributed by atoms with Crippen LogP contribution in [0.4, 0.5) is 4.39 Å². The van der Waals surface area contributed by atoms with Gasteiger partial charge in [-0.25, -0.2) is 9.18 Å². The van der Waals surface area contributed by atoms with Gasteiger partial charge in [-0.3, -0.25) is 4.79 Å². The highest BCUT2D eigenvalue weighted by atomic mass is 35.5. The average molecular weight is 355 g/mol. The third-order valence-corrected chi connectivity index (χ3v) is 3.49. The molecule has 1 heterocycles. The molecule has 0 fully saturated rings. The molecule has 6 nitrogen and oxygen atoms in total. The van der Waals surface area contributed by atoms with Crippen LogP contribution in [0, 0.1) is 12.7 Å². The minimum atomic E-state index is -0.838. The third-order valence-electron chi connectivity index (χ3n) is 3.17. The van der Waals surface area contributed by atoms with E-state index in [1.807, 2.05) is 6.92 Å². The van der Waals surface area contributed by atoms with E-state index in [0.717, 1.165) is 6.42 Å². The molecule has 24 heavy (non-hydrogen) atoms. The van der Waals surface area contributed by atoms with Crippen molar-refractivity contribution in [1.82, 2.24) is 10.5 Å². The number of hydrogen-bond donors (Lipinski definition) is 1. The van der Waals surface area contributed by atoms with Crippen molar-refractivity contribution in [2.24, 2.45) is 0 Å². The first-order chi connectivity index (χ1) is 11.5. The molecule has 0 unspecified atom stereocenters. The fourth-order valence-corrected chi connectivity index (χ4v) is 2.28. The molecular weight excluding hydrogens is 339 g/mol. The first-order valence-corrected chi connectivity index (χ1v) is 7.68. The first kappa shape index (κ1) is 17.9. The predicted molar refractivity (Wildman–Crippen MR) is 85.2 cm³/mol. The molecule has 0 aliphatic carbocycles. The van der Waals surface area contributed by atoms with Gasteiger partial charge in [0, 0.05) is 6.54 Å². The Kier molecular flexibility index (Phi) is 5.92. The van der Waals surface area contributed by atoms with Gasteiger partial charge in [0.05, 0.1) is 10.6 Å². The van der Waals surface area contributed by atoms with Crippen molar-refractivity contribution in [2.75, 3.05) is 13.2 Å². The summed E-state index contributed by atoms with van der Waals surface area (Å²) < 4.78 is 24.0. The van der Waals surface area contributed by atoms with E-state index in [1.54, 1.807) is 0 Å². The summed E-state index contributed by atoms with van der Waals surface area (Å²) in [5.41, 5.74) is -0.182. The molecule has 8 heteroatoms. The standard InChI is InChI=1S/C16H16ClFN2O4/c1-3-7-19-12(21)8-23-16(22)13-9(2)24-20-15(13)14-10(17)5-4-6-11(14)18/h4-6H,3,7-8H2,1-2H3,(H,19,21). The second-order valence-corrected chi connectivity index (χ2v) is 5.39. The maximum absolute atomic E-state index is 14.1. The second-order valence-electron chi connectivity index (χ2n) is 4.99. The lowest BCUT2D eigenvalue weighted by atomic mass is 10.1. The largest absolute Gasteiger partial charge is 0.452 e. The van der Waals surface area contributed by atoms with Crippen molar-refractivity contribution in [1.29, 1.82) is 0 Å². The van der Waals surface area contributed by atoms with E-state index in [0.29, 0.717) is 6.54 Å². The summed E-state index contributed by atoms with van der Waals surface area (Å²) in [4.78, 5) is 23.8. The molecule has 0 saturated heterocycles. The highest BCUT2D eigenvalue weighted by Crippen LogP contribution is 2.33. The Morgan fingerprint density at radius 3 is 2.83 bits per heavy atom. The summed E-state index contributed by atoms with van der Waals surface area (Å²) in [5, 5.41) is 6.36. The molecular formula is C16H16ClFN2O4. The van der Waals surface area contributed by atoms with Gasteiger partial charge in [0.25, 0.3) is 5.91 Å². The number of amides is 1. The average Bonchev–Trinajstić information content (AvgIpc) is 2.92. The minimum Gasteiger partial charge on any atom is -0.452 e. The van der Waals surface area contributed by atoms with Crippen LogP contribution in [-0.2, 0) is 9.53 Å². The fourth-order valence-electron chi connectivity index (χ4n) is 2.03. The number of rotatable bonds is 6. The van der Waals surface area contributed by atoms with E-state index in [1.165, 1.54) is 25.1 Å². The Morgan fingerprint density at radius 1 is 1.42 bits per heavy atom. The number of benzene rings is 1. The van der Waals surface area contributed by atoms with Crippen LogP contribution in [0.25, 0.3) is 11.3 Å². The van der Waals surface area contributed by atoms with Crippen LogP contribution in [0.15, 0.2) is 22.7 Å². The van der Waals surface area contributed by atoms with E-state index in [9.17, 15) is 14.0 Å². The Morgan fingerprint density at radius 2 is 2.17 bits per heavy atom. The number of hydrogen-bond acceptors (Lipinski definition) is 5. The van der Waals surface area contributed by atoms with Crippen LogP contribution in [0.1, 0.15) is 29.5 Å². The smallest absolute Gasteiger partial charge is 0.344 e. The molecule has 1 amide bonds. The van der Waals surface area contributed by atoms with E-state index in [2.05, 4.69) is 10.5 Å². The first-order valence-electron chi connectivity index (χ1n) is 7.30. The van der Waals surface area contributed by atoms with Crippen LogP contribution in [0.5, 0.6) is 0 Å². The van der Waals surface area contributed by atoms with Gasteiger partial charge in [-0.15, -0.1) is 0 Å². The molecule has 2 aromatic rings. The van der Waals surface area contributed by atoms with Gasteiger partial charge in [0.15, 0.2) is 6.61 Å². The Balaban J connectivity index is 2.24. The van der Waals surface area contributed by atoms with Crippen molar-refractivity contribution in [3.8, 4) is 11.3 Å². The van der Waals surface area contributed by atoms with E-state index in [-0.39, 0.29) is 27.6 Å². The van der Waals surface area contributed by atoms with Crippen molar-refractivity contribution in [2.45, 2.75) is 20.3 Å². The summed E-state index contributed by atoms with van der Waals surface area (Å²) in [6.07, 6.45) is 0.764. The zero-order valence-corrected chi connectivity index (χ0v) is 13.9. The SMILES string of the molecule is CCCNC(=O)COC(=O)c1c(-c2c(F)cccc2Cl)noc1C. The quantitative estimate of drug-likeness (QED) is 0.806. The number of nitrogens with zero attached hydrogens (tertiary/aromatic N) is 1. The highest BCUT2D eigenvalue weighted by Gasteiger charge is 2.26. The topological polar surface area (TPSA) is 81.4 Å². The van der Waals surface area contributed by atoms with Crippen molar-refractivity contribution in [3.63, 3.8) is 0 Å². The molecule has 128 valence electrons. The molecule has 0 bridgehead atoms. The van der Waals surface area contributed by atoms with Gasteiger partial charge in [-0.05, 0) is 25.5 Å². The molecule has 0 aliphatic heterocycles. The van der Waals surface area contributed by atoms with E-state index >= 15 is 0 Å². The number of nitrogens with one attached hydrogen (secondary N) is 1. The van der Waals surface area contributed by atoms with E-state index in [4.69, 9.17) is 20.9 Å². The molecule has 1 aromatic carbocycles. The lowest BCUT2D eigenvalue weighted by Crippen LogP contribution is -2.29. The number of ether oxygens (including phenoxy) is 1. The number of carbonyl (C=O) groups is 2. The minimum absolute atomic E-state index is 0.0570. The van der Waals surface area contributed by atoms with Gasteiger partial charge in [-0.2, -0.15) is 0 Å². The predicted octanol–water partition coefficient (Wildman–Crippen LogP) is 3.13. The Labute approximate surface area is 142 Å². The van der Waals surface area contributed by atoms with Gasteiger partial charge in [0.1, 0.15) is 22.8 Å². The molecule has 2 rings (SSSR count). The van der Waals surface area contributed by atoms with Crippen LogP contribution in [0.3, 0.4) is 0 Å². The second kappa shape index (κ2) is 7.92. The molecule has 0 spiro atoms. The Hall–Kier alpha value is -2.41. The summed E-state index contributed by atoms with van der Waals surface area (Å²) >= 11 is 6.00. The van der Waals surface area contributed by atoms with Crippen molar-refractivity contribution in [3.05, 3.63) is 40.4 Å². The van der Waals surface area contributed by atoms with Gasteiger partial charge in [-0.1, -0.05) is 29.7 Å². The summed E-state index contributed by atoms with van der Waals surface area (Å²) in [5.74, 6) is -1.77. The number of aryl methyl sites for hydroxylation is 1. The summed E-state index contributed by atoms with van der Waals surface area (Å²) in [7, 11) is 0. The Bertz CT molecular complexity index is 740. The summed E-state index contributed by atoms with van der Waals surface area (Å²) in [6, 6.07) is 4.10. The van der Waals surface area contributed by atoms with Crippen LogP contribution >= 0.6 is 11.6 Å². The number of esters is 1. The molecule has 1 N–H and O–H groups in total. The number of halogens is 2. The zero-order valence-electron chi connectivity index (χ0n) is 13.2.